The van der Waals surface area contributed by atoms with Crippen LogP contribution in [0.1, 0.15) is 36.0 Å². The Kier molecular flexibility index (Phi) is 5.49. The third-order valence-electron chi connectivity index (χ3n) is 4.59. The molecule has 6 nitrogen and oxygen atoms in total. The lowest BCUT2D eigenvalue weighted by molar-refractivity contribution is -0.127. The fourth-order valence-electron chi connectivity index (χ4n) is 3.25. The van der Waals surface area contributed by atoms with E-state index >= 15 is 0 Å². The summed E-state index contributed by atoms with van der Waals surface area (Å²) in [7, 11) is 0. The maximum atomic E-state index is 12.8. The number of carbonyl (C=O) groups excluding carboxylic acids is 3. The van der Waals surface area contributed by atoms with Gasteiger partial charge in [-0.15, -0.1) is 0 Å². The quantitative estimate of drug-likeness (QED) is 0.837. The molecule has 2 unspecified atom stereocenters. The molecule has 2 fully saturated rings. The molecule has 2 aliphatic rings. The predicted molar refractivity (Wildman–Crippen MR) is 94.7 cm³/mol. The number of nitrogens with one attached hydrogen (secondary N) is 2. The van der Waals surface area contributed by atoms with Crippen molar-refractivity contribution < 1.29 is 14.4 Å². The molecule has 0 aliphatic carbocycles. The van der Waals surface area contributed by atoms with Crippen LogP contribution in [0.25, 0.3) is 0 Å². The topological polar surface area (TPSA) is 78.5 Å². The van der Waals surface area contributed by atoms with Gasteiger partial charge in [0, 0.05) is 30.6 Å². The van der Waals surface area contributed by atoms with E-state index in [1.807, 2.05) is 0 Å². The average Bonchev–Trinajstić information content (AvgIpc) is 3.08. The zero-order valence-corrected chi connectivity index (χ0v) is 15.1. The largest absolute Gasteiger partial charge is 0.354 e. The first-order valence-corrected chi connectivity index (χ1v) is 9.04. The van der Waals surface area contributed by atoms with Gasteiger partial charge >= 0.3 is 0 Å². The molecule has 0 bridgehead atoms. The van der Waals surface area contributed by atoms with Gasteiger partial charge in [0.2, 0.25) is 11.8 Å². The van der Waals surface area contributed by atoms with E-state index in [1.165, 1.54) is 6.07 Å². The molecule has 0 saturated carbocycles. The van der Waals surface area contributed by atoms with Crippen LogP contribution >= 0.6 is 23.2 Å². The van der Waals surface area contributed by atoms with Gasteiger partial charge in [0.05, 0.1) is 10.6 Å². The number of likely N-dealkylation sites (tertiary alicyclic amines) is 1. The highest BCUT2D eigenvalue weighted by molar-refractivity contribution is 6.35. The maximum Gasteiger partial charge on any atom is 0.256 e. The first kappa shape index (κ1) is 18.0. The van der Waals surface area contributed by atoms with Crippen molar-refractivity contribution in [1.82, 2.24) is 15.5 Å². The van der Waals surface area contributed by atoms with Crippen molar-refractivity contribution in [1.29, 1.82) is 0 Å². The molecule has 2 saturated heterocycles. The second-order valence-corrected chi connectivity index (χ2v) is 7.17. The standard InChI is InChI=1S/C17H19Cl2N3O3/c18-10-3-5-13(19)12(8-10)17(25)22-7-1-2-14(22)16(24)21-11-4-6-15(23)20-9-11/h3,5,8,11,14H,1-2,4,6-7,9H2,(H,20,23)(H,21,24). The molecule has 2 atom stereocenters. The number of halogens is 2. The Morgan fingerprint density at radius 1 is 1.24 bits per heavy atom. The Morgan fingerprint density at radius 2 is 2.04 bits per heavy atom. The van der Waals surface area contributed by atoms with Gasteiger partial charge in [0.15, 0.2) is 0 Å². The summed E-state index contributed by atoms with van der Waals surface area (Å²) in [4.78, 5) is 38.2. The zero-order chi connectivity index (χ0) is 18.0. The Hall–Kier alpha value is -1.79. The fourth-order valence-corrected chi connectivity index (χ4v) is 3.62. The molecule has 3 rings (SSSR count). The highest BCUT2D eigenvalue weighted by Crippen LogP contribution is 2.26. The molecule has 25 heavy (non-hydrogen) atoms. The Bertz CT molecular complexity index is 700. The predicted octanol–water partition coefficient (Wildman–Crippen LogP) is 1.99. The number of piperidine rings is 1. The monoisotopic (exact) mass is 383 g/mol. The van der Waals surface area contributed by atoms with Crippen molar-refractivity contribution in [2.75, 3.05) is 13.1 Å². The van der Waals surface area contributed by atoms with E-state index in [0.29, 0.717) is 48.0 Å². The van der Waals surface area contributed by atoms with Crippen molar-refractivity contribution in [2.24, 2.45) is 0 Å². The number of carbonyl (C=O) groups is 3. The minimum Gasteiger partial charge on any atom is -0.354 e. The third kappa shape index (κ3) is 4.07. The molecular weight excluding hydrogens is 365 g/mol. The first-order valence-electron chi connectivity index (χ1n) is 8.29. The minimum absolute atomic E-state index is 0.00114. The number of benzene rings is 1. The van der Waals surface area contributed by atoms with Gasteiger partial charge < -0.3 is 15.5 Å². The lowest BCUT2D eigenvalue weighted by Crippen LogP contribution is -2.53. The maximum absolute atomic E-state index is 12.8. The van der Waals surface area contributed by atoms with Gasteiger partial charge in [-0.2, -0.15) is 0 Å². The Balaban J connectivity index is 1.69. The summed E-state index contributed by atoms with van der Waals surface area (Å²) in [6.45, 7) is 0.923. The third-order valence-corrected chi connectivity index (χ3v) is 5.15. The van der Waals surface area contributed by atoms with Crippen molar-refractivity contribution >= 4 is 40.9 Å². The van der Waals surface area contributed by atoms with Crippen LogP contribution in [0.2, 0.25) is 10.0 Å². The van der Waals surface area contributed by atoms with E-state index in [9.17, 15) is 14.4 Å². The van der Waals surface area contributed by atoms with E-state index in [0.717, 1.165) is 6.42 Å². The second kappa shape index (κ2) is 7.62. The number of hydrogen-bond donors (Lipinski definition) is 2. The molecule has 1 aromatic carbocycles. The summed E-state index contributed by atoms with van der Waals surface area (Å²) in [6.07, 6.45) is 2.37. The van der Waals surface area contributed by atoms with Crippen LogP contribution < -0.4 is 10.6 Å². The smallest absolute Gasteiger partial charge is 0.256 e. The van der Waals surface area contributed by atoms with Gasteiger partial charge in [-0.3, -0.25) is 14.4 Å². The summed E-state index contributed by atoms with van der Waals surface area (Å²) in [5.41, 5.74) is 0.304. The lowest BCUT2D eigenvalue weighted by atomic mass is 10.1. The van der Waals surface area contributed by atoms with Crippen LogP contribution in [0, 0.1) is 0 Å². The lowest BCUT2D eigenvalue weighted by Gasteiger charge is -2.28. The summed E-state index contributed by atoms with van der Waals surface area (Å²) in [6, 6.07) is 4.09. The first-order chi connectivity index (χ1) is 12.0. The van der Waals surface area contributed by atoms with Crippen molar-refractivity contribution in [3.8, 4) is 0 Å². The highest BCUT2D eigenvalue weighted by Gasteiger charge is 2.36. The van der Waals surface area contributed by atoms with Crippen molar-refractivity contribution in [2.45, 2.75) is 37.8 Å². The van der Waals surface area contributed by atoms with Crippen LogP contribution in [0.4, 0.5) is 0 Å². The van der Waals surface area contributed by atoms with Gasteiger partial charge in [0.1, 0.15) is 6.04 Å². The van der Waals surface area contributed by atoms with Crippen molar-refractivity contribution in [3.63, 3.8) is 0 Å². The molecule has 1 aromatic rings. The molecule has 3 amide bonds. The van der Waals surface area contributed by atoms with E-state index in [2.05, 4.69) is 10.6 Å². The summed E-state index contributed by atoms with van der Waals surface area (Å²) in [5.74, 6) is -0.481. The molecule has 2 aliphatic heterocycles. The van der Waals surface area contributed by atoms with E-state index in [4.69, 9.17) is 23.2 Å². The van der Waals surface area contributed by atoms with Crippen LogP contribution in [-0.4, -0.2) is 47.8 Å². The summed E-state index contributed by atoms with van der Waals surface area (Å²) in [5, 5.41) is 6.41. The highest BCUT2D eigenvalue weighted by atomic mass is 35.5. The SMILES string of the molecule is O=C1CCC(NC(=O)C2CCCN2C(=O)c2cc(Cl)ccc2Cl)CN1. The fraction of sp³-hybridized carbons (Fsp3) is 0.471. The number of nitrogens with zero attached hydrogens (tertiary/aromatic N) is 1. The number of hydrogen-bond acceptors (Lipinski definition) is 3. The van der Waals surface area contributed by atoms with Crippen LogP contribution in [0.5, 0.6) is 0 Å². The summed E-state index contributed by atoms with van der Waals surface area (Å²) >= 11 is 12.1. The average molecular weight is 384 g/mol. The minimum atomic E-state index is -0.528. The molecule has 2 heterocycles. The molecule has 0 aromatic heterocycles. The van der Waals surface area contributed by atoms with Gasteiger partial charge in [0.25, 0.3) is 5.91 Å². The normalized spacial score (nSPS) is 23.3. The zero-order valence-electron chi connectivity index (χ0n) is 13.6. The van der Waals surface area contributed by atoms with Crippen LogP contribution in [-0.2, 0) is 9.59 Å². The second-order valence-electron chi connectivity index (χ2n) is 6.33. The van der Waals surface area contributed by atoms with E-state index in [-0.39, 0.29) is 23.8 Å². The van der Waals surface area contributed by atoms with Gasteiger partial charge in [-0.05, 0) is 37.5 Å². The Morgan fingerprint density at radius 3 is 2.76 bits per heavy atom. The van der Waals surface area contributed by atoms with Gasteiger partial charge in [-0.25, -0.2) is 0 Å². The van der Waals surface area contributed by atoms with Crippen molar-refractivity contribution in [3.05, 3.63) is 33.8 Å². The van der Waals surface area contributed by atoms with E-state index in [1.54, 1.807) is 17.0 Å². The molecule has 2 N–H and O–H groups in total. The molecule has 0 radical (unpaired) electrons. The van der Waals surface area contributed by atoms with Gasteiger partial charge in [-0.1, -0.05) is 23.2 Å². The molecular formula is C17H19Cl2N3O3. The summed E-state index contributed by atoms with van der Waals surface area (Å²) < 4.78 is 0. The molecule has 8 heteroatoms. The molecule has 0 spiro atoms. The number of amides is 3. The van der Waals surface area contributed by atoms with Crippen LogP contribution in [0.15, 0.2) is 18.2 Å². The Labute approximate surface area is 155 Å². The molecule has 134 valence electrons. The van der Waals surface area contributed by atoms with E-state index < -0.39 is 6.04 Å². The van der Waals surface area contributed by atoms with Crippen LogP contribution in [0.3, 0.4) is 0 Å². The number of rotatable bonds is 3.